The third-order valence-corrected chi connectivity index (χ3v) is 5.08. The van der Waals surface area contributed by atoms with E-state index in [0.29, 0.717) is 31.8 Å². The molecule has 0 radical (unpaired) electrons. The molecule has 28 heavy (non-hydrogen) atoms. The van der Waals surface area contributed by atoms with Crippen molar-refractivity contribution in [2.75, 3.05) is 73.1 Å². The van der Waals surface area contributed by atoms with Crippen LogP contribution in [0.1, 0.15) is 34.1 Å². The Balaban J connectivity index is 2.29. The highest BCUT2D eigenvalue weighted by Crippen LogP contribution is 2.06. The predicted molar refractivity (Wildman–Crippen MR) is 116 cm³/mol. The van der Waals surface area contributed by atoms with Crippen LogP contribution in [0, 0.1) is 0 Å². The summed E-state index contributed by atoms with van der Waals surface area (Å²) >= 11 is 0. The number of nitrogens with one attached hydrogen (secondary N) is 2. The van der Waals surface area contributed by atoms with E-state index in [1.165, 1.54) is 0 Å². The van der Waals surface area contributed by atoms with Gasteiger partial charge >= 0.3 is 0 Å². The molecule has 0 atom stereocenters. The highest BCUT2D eigenvalue weighted by atomic mass is 16.5. The van der Waals surface area contributed by atoms with Gasteiger partial charge in [-0.1, -0.05) is 0 Å². The van der Waals surface area contributed by atoms with E-state index >= 15 is 0 Å². The lowest BCUT2D eigenvalue weighted by Crippen LogP contribution is -2.54. The minimum absolute atomic E-state index is 0.0628. The van der Waals surface area contributed by atoms with Crippen molar-refractivity contribution < 1.29 is 9.53 Å². The van der Waals surface area contributed by atoms with Crippen LogP contribution < -0.4 is 10.6 Å². The Labute approximate surface area is 171 Å². The number of nitrogens with zero attached hydrogens (tertiary/aromatic N) is 4. The number of ether oxygens (including phenoxy) is 1. The molecule has 8 heteroatoms. The molecule has 0 aromatic rings. The number of methoxy groups -OCH3 is 1. The van der Waals surface area contributed by atoms with Gasteiger partial charge in [0.25, 0.3) is 0 Å². The van der Waals surface area contributed by atoms with E-state index in [9.17, 15) is 4.79 Å². The van der Waals surface area contributed by atoms with Crippen molar-refractivity contribution in [3.05, 3.63) is 0 Å². The number of carbonyl (C=O) groups is 1. The van der Waals surface area contributed by atoms with Crippen LogP contribution in [-0.4, -0.2) is 112 Å². The minimum Gasteiger partial charge on any atom is -0.383 e. The Morgan fingerprint density at radius 1 is 1.07 bits per heavy atom. The smallest absolute Gasteiger partial charge is 0.234 e. The number of amides is 1. The van der Waals surface area contributed by atoms with Crippen molar-refractivity contribution >= 4 is 11.9 Å². The van der Waals surface area contributed by atoms with Crippen LogP contribution in [0.5, 0.6) is 0 Å². The first-order valence-electron chi connectivity index (χ1n) is 10.6. The number of piperazine rings is 1. The van der Waals surface area contributed by atoms with Crippen LogP contribution in [0.3, 0.4) is 0 Å². The maximum Gasteiger partial charge on any atom is 0.234 e. The number of aliphatic imine (C=N–C) groups is 1. The van der Waals surface area contributed by atoms with Crippen LogP contribution in [-0.2, 0) is 9.53 Å². The van der Waals surface area contributed by atoms with Gasteiger partial charge in [0.05, 0.1) is 13.2 Å². The van der Waals surface area contributed by atoms with Crippen molar-refractivity contribution in [2.45, 2.75) is 46.2 Å². The summed E-state index contributed by atoms with van der Waals surface area (Å²) in [5, 5.41) is 6.38. The van der Waals surface area contributed by atoms with Gasteiger partial charge in [-0.3, -0.25) is 19.6 Å². The first-order valence-corrected chi connectivity index (χ1v) is 10.6. The minimum atomic E-state index is 0.0628. The van der Waals surface area contributed by atoms with E-state index in [4.69, 9.17) is 4.74 Å². The van der Waals surface area contributed by atoms with Crippen molar-refractivity contribution in [2.24, 2.45) is 4.99 Å². The lowest BCUT2D eigenvalue weighted by molar-refractivity contribution is -0.122. The van der Waals surface area contributed by atoms with Gasteiger partial charge in [-0.05, 0) is 34.1 Å². The summed E-state index contributed by atoms with van der Waals surface area (Å²) < 4.78 is 4.95. The van der Waals surface area contributed by atoms with Crippen molar-refractivity contribution in [3.63, 3.8) is 0 Å². The standard InChI is InChI=1S/C20H42N6O2/c1-17(2)26(18(3)4)10-7-8-23-20(21-5)25-13-11-24(12-14-25)16-19(27)22-9-15-28-6/h17-18H,7-16H2,1-6H3,(H,21,23)(H,22,27). The second-order valence-corrected chi connectivity index (χ2v) is 7.86. The summed E-state index contributed by atoms with van der Waals surface area (Å²) in [6.07, 6.45) is 1.09. The van der Waals surface area contributed by atoms with E-state index in [0.717, 1.165) is 51.6 Å². The molecule has 1 amide bonds. The fraction of sp³-hybridized carbons (Fsp3) is 0.900. The van der Waals surface area contributed by atoms with E-state index in [1.807, 2.05) is 7.05 Å². The molecule has 0 aromatic heterocycles. The molecule has 1 rings (SSSR count). The Morgan fingerprint density at radius 2 is 1.71 bits per heavy atom. The van der Waals surface area contributed by atoms with Crippen LogP contribution in [0.15, 0.2) is 4.99 Å². The van der Waals surface area contributed by atoms with Gasteiger partial charge in [-0.2, -0.15) is 0 Å². The molecular weight excluding hydrogens is 356 g/mol. The lowest BCUT2D eigenvalue weighted by Gasteiger charge is -2.36. The monoisotopic (exact) mass is 398 g/mol. The normalized spacial score (nSPS) is 16.3. The highest BCUT2D eigenvalue weighted by molar-refractivity contribution is 5.80. The predicted octanol–water partition coefficient (Wildman–Crippen LogP) is 0.451. The van der Waals surface area contributed by atoms with Crippen molar-refractivity contribution in [1.82, 2.24) is 25.3 Å². The molecule has 0 spiro atoms. The van der Waals surface area contributed by atoms with Gasteiger partial charge in [-0.15, -0.1) is 0 Å². The summed E-state index contributed by atoms with van der Waals surface area (Å²) in [7, 11) is 3.48. The van der Waals surface area contributed by atoms with E-state index in [1.54, 1.807) is 7.11 Å². The van der Waals surface area contributed by atoms with Gasteiger partial charge in [0.15, 0.2) is 5.96 Å². The SMILES string of the molecule is CN=C(NCCCN(C(C)C)C(C)C)N1CCN(CC(=O)NCCOC)CC1. The lowest BCUT2D eigenvalue weighted by atomic mass is 10.2. The number of hydrogen-bond acceptors (Lipinski definition) is 5. The summed E-state index contributed by atoms with van der Waals surface area (Å²) in [5.41, 5.74) is 0. The quantitative estimate of drug-likeness (QED) is 0.299. The average molecular weight is 399 g/mol. The molecule has 1 saturated heterocycles. The van der Waals surface area contributed by atoms with E-state index in [2.05, 4.69) is 58.0 Å². The van der Waals surface area contributed by atoms with Crippen molar-refractivity contribution in [1.29, 1.82) is 0 Å². The number of rotatable bonds is 11. The molecule has 164 valence electrons. The van der Waals surface area contributed by atoms with Gasteiger partial charge < -0.3 is 20.3 Å². The molecule has 1 aliphatic rings. The van der Waals surface area contributed by atoms with Gasteiger partial charge in [0.1, 0.15) is 0 Å². The molecule has 2 N–H and O–H groups in total. The zero-order valence-electron chi connectivity index (χ0n) is 18.8. The van der Waals surface area contributed by atoms with Gasteiger partial charge in [-0.25, -0.2) is 0 Å². The number of guanidine groups is 1. The third kappa shape index (κ3) is 9.21. The fourth-order valence-corrected chi connectivity index (χ4v) is 3.58. The van der Waals surface area contributed by atoms with Crippen LogP contribution in [0.4, 0.5) is 0 Å². The zero-order chi connectivity index (χ0) is 20.9. The topological polar surface area (TPSA) is 72.4 Å². The molecule has 0 aliphatic carbocycles. The molecule has 8 nitrogen and oxygen atoms in total. The summed E-state index contributed by atoms with van der Waals surface area (Å²) in [5.74, 6) is 1.03. The van der Waals surface area contributed by atoms with Crippen LogP contribution in [0.2, 0.25) is 0 Å². The maximum atomic E-state index is 11.9. The molecule has 0 saturated carbocycles. The Bertz CT molecular complexity index is 454. The fourth-order valence-electron chi connectivity index (χ4n) is 3.58. The Hall–Kier alpha value is -1.38. The average Bonchev–Trinajstić information content (AvgIpc) is 2.65. The van der Waals surface area contributed by atoms with E-state index in [-0.39, 0.29) is 5.91 Å². The first-order chi connectivity index (χ1) is 13.4. The number of hydrogen-bond donors (Lipinski definition) is 2. The largest absolute Gasteiger partial charge is 0.383 e. The van der Waals surface area contributed by atoms with E-state index < -0.39 is 0 Å². The van der Waals surface area contributed by atoms with Gasteiger partial charge in [0.2, 0.25) is 5.91 Å². The van der Waals surface area contributed by atoms with Crippen LogP contribution >= 0.6 is 0 Å². The second-order valence-electron chi connectivity index (χ2n) is 7.86. The molecule has 0 bridgehead atoms. The molecule has 1 aliphatic heterocycles. The van der Waals surface area contributed by atoms with Gasteiger partial charge in [0, 0.05) is 72.1 Å². The molecule has 1 fully saturated rings. The highest BCUT2D eigenvalue weighted by Gasteiger charge is 2.21. The van der Waals surface area contributed by atoms with Crippen LogP contribution in [0.25, 0.3) is 0 Å². The summed E-state index contributed by atoms with van der Waals surface area (Å²) in [4.78, 5) is 23.3. The second kappa shape index (κ2) is 13.7. The summed E-state index contributed by atoms with van der Waals surface area (Å²) in [6, 6.07) is 1.14. The van der Waals surface area contributed by atoms with Crippen molar-refractivity contribution in [3.8, 4) is 0 Å². The molecule has 0 unspecified atom stereocenters. The first kappa shape index (κ1) is 24.7. The molecule has 0 aromatic carbocycles. The Morgan fingerprint density at radius 3 is 2.25 bits per heavy atom. The zero-order valence-corrected chi connectivity index (χ0v) is 18.8. The number of carbonyl (C=O) groups excluding carboxylic acids is 1. The molecular formula is C20H42N6O2. The molecule has 1 heterocycles. The third-order valence-electron chi connectivity index (χ3n) is 5.08. The maximum absolute atomic E-state index is 11.9. The summed E-state index contributed by atoms with van der Waals surface area (Å²) in [6.45, 7) is 16.1. The Kier molecular flexibility index (Phi) is 12.1.